The number of hydrogen-bond donors (Lipinski definition) is 1. The van der Waals surface area contributed by atoms with Crippen molar-refractivity contribution in [3.05, 3.63) is 59.2 Å². The molecule has 0 atom stereocenters. The van der Waals surface area contributed by atoms with E-state index in [9.17, 15) is 13.2 Å². The fourth-order valence-corrected chi connectivity index (χ4v) is 7.89. The monoisotopic (exact) mass is 466 g/mol. The number of benzene rings is 2. The third-order valence-corrected chi connectivity index (χ3v) is 9.30. The van der Waals surface area contributed by atoms with Crippen LogP contribution in [0.4, 0.5) is 11.4 Å². The maximum atomic E-state index is 12.8. The summed E-state index contributed by atoms with van der Waals surface area (Å²) >= 11 is 0. The number of nitrogens with one attached hydrogen (secondary N) is 1. The molecule has 1 N–H and O–H groups in total. The fourth-order valence-electron chi connectivity index (χ4n) is 7.04. The molecule has 1 amide bonds. The van der Waals surface area contributed by atoms with E-state index in [4.69, 9.17) is 0 Å². The molecular formula is C27H34N2O3S. The number of nitrogens with zero attached hydrogens (tertiary/aromatic N) is 1. The van der Waals surface area contributed by atoms with E-state index >= 15 is 0 Å². The minimum absolute atomic E-state index is 0.247. The Bertz CT molecular complexity index is 1140. The van der Waals surface area contributed by atoms with Gasteiger partial charge in [0.15, 0.2) is 0 Å². The van der Waals surface area contributed by atoms with Crippen LogP contribution < -0.4 is 9.62 Å². The first-order valence-corrected chi connectivity index (χ1v) is 13.9. The highest BCUT2D eigenvalue weighted by Gasteiger charge is 2.51. The van der Waals surface area contributed by atoms with Gasteiger partial charge in [-0.2, -0.15) is 0 Å². The molecule has 0 radical (unpaired) electrons. The maximum Gasteiger partial charge on any atom is 0.245 e. The molecule has 5 nitrogen and oxygen atoms in total. The van der Waals surface area contributed by atoms with Crippen LogP contribution in [-0.4, -0.2) is 27.1 Å². The van der Waals surface area contributed by atoms with Gasteiger partial charge in [-0.25, -0.2) is 8.42 Å². The van der Waals surface area contributed by atoms with Crippen molar-refractivity contribution in [2.45, 2.75) is 57.8 Å². The first-order chi connectivity index (χ1) is 15.6. The summed E-state index contributed by atoms with van der Waals surface area (Å²) in [6.45, 7) is 3.64. The molecule has 4 bridgehead atoms. The minimum Gasteiger partial charge on any atom is -0.324 e. The number of aryl methyl sites for hydroxylation is 2. The zero-order valence-electron chi connectivity index (χ0n) is 19.8. The molecule has 0 saturated heterocycles. The first-order valence-electron chi connectivity index (χ1n) is 12.1. The van der Waals surface area contributed by atoms with Crippen molar-refractivity contribution in [2.24, 2.45) is 17.8 Å². The lowest BCUT2D eigenvalue weighted by atomic mass is 9.48. The Hall–Kier alpha value is -2.34. The molecule has 2 aromatic carbocycles. The zero-order valence-corrected chi connectivity index (χ0v) is 20.6. The topological polar surface area (TPSA) is 66.5 Å². The Balaban J connectivity index is 1.35. The van der Waals surface area contributed by atoms with Gasteiger partial charge in [0, 0.05) is 5.69 Å². The predicted molar refractivity (Wildman–Crippen MR) is 133 cm³/mol. The number of amides is 1. The maximum absolute atomic E-state index is 12.8. The third-order valence-electron chi connectivity index (χ3n) is 8.16. The van der Waals surface area contributed by atoms with Crippen LogP contribution in [0, 0.1) is 31.6 Å². The predicted octanol–water partition coefficient (Wildman–Crippen LogP) is 5.18. The summed E-state index contributed by atoms with van der Waals surface area (Å²) in [6.07, 6.45) is 9.16. The second-order valence-corrected chi connectivity index (χ2v) is 12.8. The summed E-state index contributed by atoms with van der Waals surface area (Å²) in [5.74, 6) is 2.23. The summed E-state index contributed by atoms with van der Waals surface area (Å²) in [5.41, 5.74) is 4.85. The summed E-state index contributed by atoms with van der Waals surface area (Å²) in [7, 11) is -3.61. The van der Waals surface area contributed by atoms with E-state index in [1.807, 2.05) is 44.2 Å². The molecule has 4 fully saturated rings. The van der Waals surface area contributed by atoms with Crippen LogP contribution in [-0.2, 0) is 20.2 Å². The zero-order chi connectivity index (χ0) is 23.4. The van der Waals surface area contributed by atoms with E-state index in [2.05, 4.69) is 17.4 Å². The van der Waals surface area contributed by atoms with Crippen molar-refractivity contribution < 1.29 is 13.2 Å². The lowest BCUT2D eigenvalue weighted by Crippen LogP contribution is -2.48. The molecule has 0 spiro atoms. The average molecular weight is 467 g/mol. The molecule has 176 valence electrons. The van der Waals surface area contributed by atoms with E-state index in [1.165, 1.54) is 48.4 Å². The van der Waals surface area contributed by atoms with Gasteiger partial charge in [0.05, 0.1) is 11.9 Å². The number of hydrogen-bond acceptors (Lipinski definition) is 3. The standard InChI is InChI=1S/C27H34N2O3S/c1-18-4-5-19(2)25(10-18)28-26(30)17-29(33(3,31)32)24-8-6-23(7-9-24)27-14-20-11-21(15-27)13-22(12-20)16-27/h4-10,20-22H,11-17H2,1-3H3,(H,28,30). The van der Waals surface area contributed by atoms with Crippen molar-refractivity contribution in [3.63, 3.8) is 0 Å². The Morgan fingerprint density at radius 2 is 1.55 bits per heavy atom. The normalized spacial score (nSPS) is 28.0. The molecule has 0 aliphatic heterocycles. The molecule has 0 heterocycles. The quantitative estimate of drug-likeness (QED) is 0.638. The van der Waals surface area contributed by atoms with Crippen molar-refractivity contribution >= 4 is 27.3 Å². The van der Waals surface area contributed by atoms with Gasteiger partial charge < -0.3 is 5.32 Å². The van der Waals surface area contributed by atoms with Gasteiger partial charge in [0.25, 0.3) is 0 Å². The van der Waals surface area contributed by atoms with E-state index in [0.717, 1.165) is 35.1 Å². The second kappa shape index (κ2) is 8.15. The first kappa shape index (κ1) is 22.5. The largest absolute Gasteiger partial charge is 0.324 e. The number of anilines is 2. The summed E-state index contributed by atoms with van der Waals surface area (Å²) in [4.78, 5) is 12.8. The van der Waals surface area contributed by atoms with E-state index in [0.29, 0.717) is 11.4 Å². The Labute approximate surface area is 197 Å². The molecule has 0 aromatic heterocycles. The Kier molecular flexibility index (Phi) is 5.55. The molecule has 4 saturated carbocycles. The lowest BCUT2D eigenvalue weighted by Gasteiger charge is -2.57. The number of carbonyl (C=O) groups is 1. The van der Waals surface area contributed by atoms with E-state index in [-0.39, 0.29) is 17.9 Å². The van der Waals surface area contributed by atoms with Gasteiger partial charge in [-0.15, -0.1) is 0 Å². The van der Waals surface area contributed by atoms with Crippen LogP contribution >= 0.6 is 0 Å². The Morgan fingerprint density at radius 3 is 2.09 bits per heavy atom. The van der Waals surface area contributed by atoms with Crippen LogP contribution in [0.25, 0.3) is 0 Å². The van der Waals surface area contributed by atoms with Gasteiger partial charge in [0.1, 0.15) is 6.54 Å². The number of carbonyl (C=O) groups excluding carboxylic acids is 1. The highest BCUT2D eigenvalue weighted by Crippen LogP contribution is 2.60. The molecule has 6 rings (SSSR count). The summed E-state index contributed by atoms with van der Waals surface area (Å²) in [5, 5.41) is 2.88. The van der Waals surface area contributed by atoms with Gasteiger partial charge in [-0.05, 0) is 110 Å². The van der Waals surface area contributed by atoms with Crippen LogP contribution in [0.3, 0.4) is 0 Å². The van der Waals surface area contributed by atoms with E-state index in [1.54, 1.807) is 0 Å². The highest BCUT2D eigenvalue weighted by atomic mass is 32.2. The van der Waals surface area contributed by atoms with Crippen LogP contribution in [0.2, 0.25) is 0 Å². The molecule has 4 aliphatic rings. The van der Waals surface area contributed by atoms with Crippen molar-refractivity contribution in [2.75, 3.05) is 22.4 Å². The van der Waals surface area contributed by atoms with Crippen LogP contribution in [0.5, 0.6) is 0 Å². The third kappa shape index (κ3) is 4.42. The van der Waals surface area contributed by atoms with Gasteiger partial charge in [0.2, 0.25) is 15.9 Å². The fraction of sp³-hybridized carbons (Fsp3) is 0.519. The van der Waals surface area contributed by atoms with Crippen LogP contribution in [0.15, 0.2) is 42.5 Å². The summed E-state index contributed by atoms with van der Waals surface area (Å²) in [6, 6.07) is 13.8. The average Bonchev–Trinajstić information content (AvgIpc) is 2.73. The minimum atomic E-state index is -3.61. The van der Waals surface area contributed by atoms with Gasteiger partial charge >= 0.3 is 0 Å². The molecule has 0 unspecified atom stereocenters. The molecule has 6 heteroatoms. The van der Waals surface area contributed by atoms with E-state index < -0.39 is 10.0 Å². The van der Waals surface area contributed by atoms with Crippen molar-refractivity contribution in [3.8, 4) is 0 Å². The molecule has 2 aromatic rings. The van der Waals surface area contributed by atoms with Crippen molar-refractivity contribution in [1.29, 1.82) is 0 Å². The SMILES string of the molecule is Cc1ccc(C)c(NC(=O)CN(c2ccc(C34CC5CC(CC(C5)C3)C4)cc2)S(C)(=O)=O)c1. The second-order valence-electron chi connectivity index (χ2n) is 10.9. The van der Waals surface area contributed by atoms with Gasteiger partial charge in [-0.3, -0.25) is 9.10 Å². The molecule has 4 aliphatic carbocycles. The van der Waals surface area contributed by atoms with Gasteiger partial charge in [-0.1, -0.05) is 24.3 Å². The molecule has 33 heavy (non-hydrogen) atoms. The molecular weight excluding hydrogens is 432 g/mol. The number of sulfonamides is 1. The Morgan fingerprint density at radius 1 is 0.970 bits per heavy atom. The highest BCUT2D eigenvalue weighted by molar-refractivity contribution is 7.92. The number of rotatable bonds is 6. The lowest BCUT2D eigenvalue weighted by molar-refractivity contribution is -0.114. The van der Waals surface area contributed by atoms with Crippen molar-refractivity contribution in [1.82, 2.24) is 0 Å². The van der Waals surface area contributed by atoms with Crippen LogP contribution in [0.1, 0.15) is 55.2 Å². The smallest absolute Gasteiger partial charge is 0.245 e. The summed E-state index contributed by atoms with van der Waals surface area (Å²) < 4.78 is 26.4.